The largest absolute Gasteiger partial charge is 0.457 e. The molecule has 3 aromatic rings. The fraction of sp³-hybridized carbons (Fsp3) is 0.0455. The highest BCUT2D eigenvalue weighted by Crippen LogP contribution is 2.33. The van der Waals surface area contributed by atoms with E-state index in [4.69, 9.17) is 16.3 Å². The van der Waals surface area contributed by atoms with Crippen molar-refractivity contribution in [2.24, 2.45) is 0 Å². The highest BCUT2D eigenvalue weighted by Gasteiger charge is 2.38. The molecule has 154 valence electrons. The molecule has 8 nitrogen and oxygen atoms in total. The lowest BCUT2D eigenvalue weighted by Crippen LogP contribution is -2.29. The Hall–Kier alpha value is -4.04. The molecule has 0 aliphatic carbocycles. The average molecular weight is 437 g/mol. The number of hydrogen-bond donors (Lipinski definition) is 0. The van der Waals surface area contributed by atoms with Gasteiger partial charge in [-0.2, -0.15) is 0 Å². The summed E-state index contributed by atoms with van der Waals surface area (Å²) < 4.78 is 5.23. The van der Waals surface area contributed by atoms with Crippen LogP contribution in [0.4, 0.5) is 11.4 Å². The number of halogens is 1. The third-order valence-corrected chi connectivity index (χ3v) is 5.05. The third-order valence-electron chi connectivity index (χ3n) is 4.73. The number of amides is 2. The normalized spacial score (nSPS) is 12.6. The average Bonchev–Trinajstić information content (AvgIpc) is 3.02. The molecule has 0 radical (unpaired) electrons. The number of non-ortho nitro benzene ring substituents is 1. The van der Waals surface area contributed by atoms with Gasteiger partial charge < -0.3 is 4.74 Å². The lowest BCUT2D eigenvalue weighted by molar-refractivity contribution is -0.384. The number of esters is 1. The van der Waals surface area contributed by atoms with Crippen molar-refractivity contribution in [3.63, 3.8) is 0 Å². The number of rotatable bonds is 5. The second kappa shape index (κ2) is 8.00. The standard InChI is InChI=1S/C22H13ClN2O6/c23-18-3-1-2-4-19(18)24-20(26)16-10-7-14(11-17(16)21(24)27)22(28)31-12-13-5-8-15(9-6-13)25(29)30/h1-11H,12H2. The van der Waals surface area contributed by atoms with E-state index in [1.165, 1.54) is 42.5 Å². The molecule has 0 bridgehead atoms. The van der Waals surface area contributed by atoms with Gasteiger partial charge in [-0.25, -0.2) is 9.69 Å². The predicted octanol–water partition coefficient (Wildman–Crippen LogP) is 4.41. The summed E-state index contributed by atoms with van der Waals surface area (Å²) in [4.78, 5) is 49.1. The van der Waals surface area contributed by atoms with Crippen LogP contribution in [0.1, 0.15) is 36.6 Å². The van der Waals surface area contributed by atoms with Crippen molar-refractivity contribution >= 4 is 40.8 Å². The highest BCUT2D eigenvalue weighted by molar-refractivity contribution is 6.39. The zero-order valence-electron chi connectivity index (χ0n) is 15.8. The molecule has 0 saturated carbocycles. The Morgan fingerprint density at radius 1 is 0.968 bits per heavy atom. The van der Waals surface area contributed by atoms with Gasteiger partial charge in [0, 0.05) is 12.1 Å². The van der Waals surface area contributed by atoms with Crippen molar-refractivity contribution in [2.75, 3.05) is 4.90 Å². The van der Waals surface area contributed by atoms with Crippen LogP contribution >= 0.6 is 11.6 Å². The maximum atomic E-state index is 12.8. The Labute approximate surface area is 180 Å². The van der Waals surface area contributed by atoms with E-state index in [1.54, 1.807) is 24.3 Å². The van der Waals surface area contributed by atoms with E-state index in [9.17, 15) is 24.5 Å². The summed E-state index contributed by atoms with van der Waals surface area (Å²) in [5.74, 6) is -1.81. The van der Waals surface area contributed by atoms with Crippen LogP contribution in [-0.4, -0.2) is 22.7 Å². The number of hydrogen-bond acceptors (Lipinski definition) is 6. The molecular formula is C22H13ClN2O6. The molecular weight excluding hydrogens is 424 g/mol. The summed E-state index contributed by atoms with van der Waals surface area (Å²) in [6.07, 6.45) is 0. The van der Waals surface area contributed by atoms with Crippen molar-refractivity contribution < 1.29 is 24.0 Å². The van der Waals surface area contributed by atoms with Crippen LogP contribution in [0.15, 0.2) is 66.7 Å². The number of nitro benzene ring substituents is 1. The van der Waals surface area contributed by atoms with E-state index in [2.05, 4.69) is 0 Å². The number of anilines is 1. The summed E-state index contributed by atoms with van der Waals surface area (Å²) in [6, 6.07) is 16.2. The number of para-hydroxylation sites is 1. The Balaban J connectivity index is 1.52. The molecule has 31 heavy (non-hydrogen) atoms. The van der Waals surface area contributed by atoms with Crippen LogP contribution in [0.2, 0.25) is 5.02 Å². The van der Waals surface area contributed by atoms with Gasteiger partial charge in [0.05, 0.1) is 32.3 Å². The first-order valence-corrected chi connectivity index (χ1v) is 9.42. The summed E-state index contributed by atoms with van der Waals surface area (Å²) in [7, 11) is 0. The zero-order chi connectivity index (χ0) is 22.1. The molecule has 1 aliphatic heterocycles. The van der Waals surface area contributed by atoms with Crippen molar-refractivity contribution in [1.29, 1.82) is 0 Å². The van der Waals surface area contributed by atoms with Crippen molar-refractivity contribution in [2.45, 2.75) is 6.61 Å². The summed E-state index contributed by atoms with van der Waals surface area (Å²) in [5.41, 5.74) is 1.10. The van der Waals surface area contributed by atoms with Crippen LogP contribution in [0.5, 0.6) is 0 Å². The van der Waals surface area contributed by atoms with Crippen molar-refractivity contribution in [3.05, 3.63) is 104 Å². The summed E-state index contributed by atoms with van der Waals surface area (Å²) in [5, 5.41) is 10.9. The molecule has 2 amide bonds. The van der Waals surface area contributed by atoms with Crippen LogP contribution in [-0.2, 0) is 11.3 Å². The first-order chi connectivity index (χ1) is 14.9. The van der Waals surface area contributed by atoms with E-state index >= 15 is 0 Å². The number of carbonyl (C=O) groups is 3. The molecule has 4 rings (SSSR count). The molecule has 0 N–H and O–H groups in total. The number of nitro groups is 1. The zero-order valence-corrected chi connectivity index (χ0v) is 16.5. The van der Waals surface area contributed by atoms with Gasteiger partial charge in [-0.3, -0.25) is 19.7 Å². The smallest absolute Gasteiger partial charge is 0.338 e. The molecule has 0 unspecified atom stereocenters. The van der Waals surface area contributed by atoms with Gasteiger partial charge >= 0.3 is 5.97 Å². The van der Waals surface area contributed by atoms with Crippen molar-refractivity contribution in [1.82, 2.24) is 0 Å². The first kappa shape index (κ1) is 20.2. The van der Waals surface area contributed by atoms with E-state index in [0.717, 1.165) is 4.90 Å². The fourth-order valence-electron chi connectivity index (χ4n) is 3.17. The predicted molar refractivity (Wildman–Crippen MR) is 111 cm³/mol. The Morgan fingerprint density at radius 3 is 2.32 bits per heavy atom. The summed E-state index contributed by atoms with van der Waals surface area (Å²) in [6.45, 7) is -0.105. The minimum atomic E-state index is -0.697. The van der Waals surface area contributed by atoms with Crippen LogP contribution in [0.25, 0.3) is 0 Å². The minimum absolute atomic E-state index is 0.0695. The fourth-order valence-corrected chi connectivity index (χ4v) is 3.39. The quantitative estimate of drug-likeness (QED) is 0.254. The Morgan fingerprint density at radius 2 is 1.65 bits per heavy atom. The van der Waals surface area contributed by atoms with E-state index < -0.39 is 22.7 Å². The monoisotopic (exact) mass is 436 g/mol. The van der Waals surface area contributed by atoms with Gasteiger partial charge in [-0.05, 0) is 48.0 Å². The van der Waals surface area contributed by atoms with Gasteiger partial charge in [0.1, 0.15) is 6.61 Å². The first-order valence-electron chi connectivity index (χ1n) is 9.04. The van der Waals surface area contributed by atoms with E-state index in [0.29, 0.717) is 5.56 Å². The van der Waals surface area contributed by atoms with E-state index in [-0.39, 0.29) is 39.7 Å². The SMILES string of the molecule is O=C(OCc1ccc([N+](=O)[O-])cc1)c1ccc2c(c1)C(=O)N(c1ccccc1Cl)C2=O. The molecule has 0 aromatic heterocycles. The lowest BCUT2D eigenvalue weighted by atomic mass is 10.1. The second-order valence-electron chi connectivity index (χ2n) is 6.66. The number of benzene rings is 3. The molecule has 1 aliphatic rings. The van der Waals surface area contributed by atoms with Crippen LogP contribution in [0.3, 0.4) is 0 Å². The molecule has 1 heterocycles. The molecule has 0 atom stereocenters. The number of fused-ring (bicyclic) bond motifs is 1. The van der Waals surface area contributed by atoms with Gasteiger partial charge in [-0.1, -0.05) is 23.7 Å². The third kappa shape index (κ3) is 3.76. The number of nitrogens with zero attached hydrogens (tertiary/aromatic N) is 2. The van der Waals surface area contributed by atoms with Crippen molar-refractivity contribution in [3.8, 4) is 0 Å². The molecule has 3 aromatic carbocycles. The molecule has 0 spiro atoms. The molecule has 0 saturated heterocycles. The van der Waals surface area contributed by atoms with Gasteiger partial charge in [-0.15, -0.1) is 0 Å². The topological polar surface area (TPSA) is 107 Å². The van der Waals surface area contributed by atoms with E-state index in [1.807, 2.05) is 0 Å². The lowest BCUT2D eigenvalue weighted by Gasteiger charge is -2.15. The maximum Gasteiger partial charge on any atom is 0.338 e. The van der Waals surface area contributed by atoms with Gasteiger partial charge in [0.15, 0.2) is 0 Å². The highest BCUT2D eigenvalue weighted by atomic mass is 35.5. The van der Waals surface area contributed by atoms with Crippen LogP contribution in [0, 0.1) is 10.1 Å². The Kier molecular flexibility index (Phi) is 5.22. The minimum Gasteiger partial charge on any atom is -0.457 e. The second-order valence-corrected chi connectivity index (χ2v) is 7.06. The maximum absolute atomic E-state index is 12.8. The number of imide groups is 1. The molecule has 9 heteroatoms. The van der Waals surface area contributed by atoms with Gasteiger partial charge in [0.2, 0.25) is 0 Å². The molecule has 0 fully saturated rings. The summed E-state index contributed by atoms with van der Waals surface area (Å²) >= 11 is 6.13. The Bertz CT molecular complexity index is 1240. The number of ether oxygens (including phenoxy) is 1. The number of carbonyl (C=O) groups excluding carboxylic acids is 3. The van der Waals surface area contributed by atoms with Gasteiger partial charge in [0.25, 0.3) is 17.5 Å². The van der Waals surface area contributed by atoms with Crippen LogP contribution < -0.4 is 4.90 Å².